The number of ketones is 1. The molecule has 2 unspecified atom stereocenters. The van der Waals surface area contributed by atoms with E-state index in [0.29, 0.717) is 39.3 Å². The Morgan fingerprint density at radius 3 is 2.66 bits per heavy atom. The molecule has 2 aliphatic carbocycles. The number of nitrogens with zero attached hydrogens (tertiary/aromatic N) is 4. The van der Waals surface area contributed by atoms with E-state index < -0.39 is 54.6 Å². The SMILES string of the molecule is CC(N(Cc1ccc(F)cc1)C(=O)CN1C[C@]2(CCC3C(=O)C(c4cc(C#N)ccn4)=CC=C32)OC1=O)C(F)(F)F. The number of Topliss-reactive ketones (excluding diaryl/α,β-unsaturated/α-hetero) is 1. The number of halogens is 4. The fourth-order valence-electron chi connectivity index (χ4n) is 5.53. The molecule has 2 amide bonds. The molecule has 3 atom stereocenters. The molecule has 2 fully saturated rings. The van der Waals surface area contributed by atoms with Crippen molar-refractivity contribution in [1.82, 2.24) is 14.8 Å². The molecule has 12 heteroatoms. The van der Waals surface area contributed by atoms with Crippen LogP contribution < -0.4 is 0 Å². The molecule has 0 bridgehead atoms. The second-order valence-corrected chi connectivity index (χ2v) is 10.3. The highest BCUT2D eigenvalue weighted by molar-refractivity contribution is 6.23. The maximum Gasteiger partial charge on any atom is 0.411 e. The molecule has 1 aromatic heterocycles. The first kappa shape index (κ1) is 28.0. The van der Waals surface area contributed by atoms with Gasteiger partial charge in [0.2, 0.25) is 5.91 Å². The molecule has 1 spiro atoms. The van der Waals surface area contributed by atoms with Crippen molar-refractivity contribution in [3.8, 4) is 6.07 Å². The Morgan fingerprint density at radius 2 is 1.98 bits per heavy atom. The summed E-state index contributed by atoms with van der Waals surface area (Å²) >= 11 is 0. The highest BCUT2D eigenvalue weighted by Crippen LogP contribution is 2.49. The van der Waals surface area contributed by atoms with Gasteiger partial charge in [-0.2, -0.15) is 18.4 Å². The minimum absolute atomic E-state index is 0.108. The van der Waals surface area contributed by atoms with Crippen LogP contribution in [-0.2, 0) is 20.9 Å². The quantitative estimate of drug-likeness (QED) is 0.474. The number of nitriles is 1. The van der Waals surface area contributed by atoms with E-state index in [2.05, 4.69) is 4.98 Å². The number of allylic oxidation sites excluding steroid dienone is 3. The third kappa shape index (κ3) is 5.31. The highest BCUT2D eigenvalue weighted by atomic mass is 19.4. The number of carbonyl (C=O) groups is 3. The molecule has 2 aromatic rings. The number of carbonyl (C=O) groups excluding carboxylic acids is 3. The summed E-state index contributed by atoms with van der Waals surface area (Å²) in [5, 5.41) is 9.17. The lowest BCUT2D eigenvalue weighted by Gasteiger charge is -2.32. The third-order valence-electron chi connectivity index (χ3n) is 7.76. The van der Waals surface area contributed by atoms with Gasteiger partial charge in [0.15, 0.2) is 11.4 Å². The van der Waals surface area contributed by atoms with Gasteiger partial charge >= 0.3 is 12.3 Å². The van der Waals surface area contributed by atoms with Gasteiger partial charge < -0.3 is 9.64 Å². The lowest BCUT2D eigenvalue weighted by molar-refractivity contribution is -0.187. The van der Waals surface area contributed by atoms with Gasteiger partial charge in [0.05, 0.1) is 23.9 Å². The van der Waals surface area contributed by atoms with Gasteiger partial charge in [-0.25, -0.2) is 9.18 Å². The Hall–Kier alpha value is -4.53. The van der Waals surface area contributed by atoms with E-state index in [-0.39, 0.29) is 18.7 Å². The van der Waals surface area contributed by atoms with Gasteiger partial charge in [-0.05, 0) is 61.2 Å². The van der Waals surface area contributed by atoms with Crippen molar-refractivity contribution < 1.29 is 36.7 Å². The Kier molecular flexibility index (Phi) is 7.15. The van der Waals surface area contributed by atoms with Crippen LogP contribution in [0.3, 0.4) is 0 Å². The number of ether oxygens (including phenoxy) is 1. The zero-order chi connectivity index (χ0) is 29.5. The molecule has 5 rings (SSSR count). The van der Waals surface area contributed by atoms with E-state index in [9.17, 15) is 37.2 Å². The summed E-state index contributed by atoms with van der Waals surface area (Å²) in [6.07, 6.45) is -0.286. The van der Waals surface area contributed by atoms with E-state index >= 15 is 0 Å². The molecule has 41 heavy (non-hydrogen) atoms. The number of rotatable bonds is 6. The van der Waals surface area contributed by atoms with Crippen LogP contribution >= 0.6 is 0 Å². The Morgan fingerprint density at radius 1 is 1.24 bits per heavy atom. The molecule has 3 aliphatic rings. The molecule has 2 heterocycles. The van der Waals surface area contributed by atoms with Crippen molar-refractivity contribution in [3.05, 3.63) is 83.0 Å². The second-order valence-electron chi connectivity index (χ2n) is 10.3. The van der Waals surface area contributed by atoms with Crippen LogP contribution in [0, 0.1) is 23.1 Å². The fourth-order valence-corrected chi connectivity index (χ4v) is 5.53. The van der Waals surface area contributed by atoms with Crippen LogP contribution in [0.25, 0.3) is 5.57 Å². The Labute approximate surface area is 232 Å². The summed E-state index contributed by atoms with van der Waals surface area (Å²) in [7, 11) is 0. The first-order valence-corrected chi connectivity index (χ1v) is 12.8. The number of benzene rings is 1. The number of hydrogen-bond acceptors (Lipinski definition) is 6. The monoisotopic (exact) mass is 568 g/mol. The summed E-state index contributed by atoms with van der Waals surface area (Å²) in [4.78, 5) is 45.3. The topological polar surface area (TPSA) is 104 Å². The van der Waals surface area contributed by atoms with Crippen LogP contribution in [0.2, 0.25) is 0 Å². The van der Waals surface area contributed by atoms with Crippen molar-refractivity contribution in [1.29, 1.82) is 5.26 Å². The number of aromatic nitrogens is 1. The average molecular weight is 569 g/mol. The van der Waals surface area contributed by atoms with Crippen LogP contribution in [0.1, 0.15) is 36.6 Å². The standard InChI is InChI=1S/C29H24F4N4O4/c1-17(29(31,32)33)37(14-18-2-4-20(30)5-3-18)25(38)15-36-16-28(41-27(36)40)10-8-21-23(28)7-6-22(26(21)39)24-12-19(13-34)9-11-35-24/h2-7,9,11-12,17,21H,8,10,14-16H2,1H3/t17?,21?,28-/m0/s1. The maximum absolute atomic E-state index is 13.7. The van der Waals surface area contributed by atoms with Crippen molar-refractivity contribution in [2.75, 3.05) is 13.1 Å². The van der Waals surface area contributed by atoms with E-state index in [1.54, 1.807) is 12.2 Å². The number of hydrogen-bond donors (Lipinski definition) is 0. The smallest absolute Gasteiger partial charge is 0.411 e. The van der Waals surface area contributed by atoms with Crippen LogP contribution in [0.4, 0.5) is 22.4 Å². The summed E-state index contributed by atoms with van der Waals surface area (Å²) in [6.45, 7) is -0.371. The summed E-state index contributed by atoms with van der Waals surface area (Å²) in [5.41, 5.74) is 0.664. The third-order valence-corrected chi connectivity index (χ3v) is 7.76. The average Bonchev–Trinajstić information content (AvgIpc) is 3.46. The zero-order valence-electron chi connectivity index (χ0n) is 21.8. The molecule has 212 valence electrons. The van der Waals surface area contributed by atoms with Gasteiger partial charge in [-0.1, -0.05) is 18.2 Å². The second kappa shape index (κ2) is 10.5. The fraction of sp³-hybridized carbons (Fsp3) is 0.345. The van der Waals surface area contributed by atoms with Crippen molar-refractivity contribution in [2.45, 2.75) is 44.1 Å². The molecule has 1 saturated carbocycles. The predicted molar refractivity (Wildman–Crippen MR) is 136 cm³/mol. The molecule has 1 aromatic carbocycles. The van der Waals surface area contributed by atoms with Gasteiger partial charge in [0.25, 0.3) is 0 Å². The predicted octanol–water partition coefficient (Wildman–Crippen LogP) is 4.57. The van der Waals surface area contributed by atoms with Gasteiger partial charge in [-0.3, -0.25) is 19.5 Å². The molecule has 1 saturated heterocycles. The van der Waals surface area contributed by atoms with Gasteiger partial charge in [-0.15, -0.1) is 0 Å². The summed E-state index contributed by atoms with van der Waals surface area (Å²) < 4.78 is 60.0. The molecular weight excluding hydrogens is 544 g/mol. The van der Waals surface area contributed by atoms with Gasteiger partial charge in [0.1, 0.15) is 18.4 Å². The van der Waals surface area contributed by atoms with Crippen molar-refractivity contribution in [2.24, 2.45) is 5.92 Å². The van der Waals surface area contributed by atoms with E-state index in [0.717, 1.165) is 24.0 Å². The largest absolute Gasteiger partial charge is 0.436 e. The molecule has 0 N–H and O–H groups in total. The minimum Gasteiger partial charge on any atom is -0.436 e. The van der Waals surface area contributed by atoms with E-state index in [1.165, 1.54) is 30.5 Å². The number of alkyl halides is 3. The summed E-state index contributed by atoms with van der Waals surface area (Å²) in [5.74, 6) is -2.37. The Balaban J connectivity index is 1.36. The molecule has 1 aliphatic heterocycles. The number of fused-ring (bicyclic) bond motifs is 2. The van der Waals surface area contributed by atoms with Crippen LogP contribution in [0.5, 0.6) is 0 Å². The van der Waals surface area contributed by atoms with Gasteiger partial charge in [0, 0.05) is 24.2 Å². The molecular formula is C29H24F4N4O4. The number of amides is 2. The van der Waals surface area contributed by atoms with E-state index in [1.807, 2.05) is 6.07 Å². The first-order valence-electron chi connectivity index (χ1n) is 12.8. The lowest BCUT2D eigenvalue weighted by Crippen LogP contribution is -2.50. The molecule has 8 nitrogen and oxygen atoms in total. The van der Waals surface area contributed by atoms with E-state index in [4.69, 9.17) is 4.74 Å². The highest BCUT2D eigenvalue weighted by Gasteiger charge is 2.56. The number of pyridine rings is 1. The van der Waals surface area contributed by atoms with Crippen molar-refractivity contribution in [3.63, 3.8) is 0 Å². The van der Waals surface area contributed by atoms with Crippen molar-refractivity contribution >= 4 is 23.4 Å². The lowest BCUT2D eigenvalue weighted by atomic mass is 9.82. The first-order chi connectivity index (χ1) is 19.4. The van der Waals surface area contributed by atoms with Crippen LogP contribution in [0.15, 0.2) is 60.3 Å². The van der Waals surface area contributed by atoms with Crippen LogP contribution in [-0.4, -0.2) is 63.5 Å². The molecule has 0 radical (unpaired) electrons. The Bertz CT molecular complexity index is 1510. The maximum atomic E-state index is 13.7. The summed E-state index contributed by atoms with van der Waals surface area (Å²) in [6, 6.07) is 7.62. The normalized spacial score (nSPS) is 22.5. The minimum atomic E-state index is -4.74. The zero-order valence-corrected chi connectivity index (χ0v) is 21.8.